The van der Waals surface area contributed by atoms with Crippen molar-refractivity contribution < 1.29 is 19.1 Å². The highest BCUT2D eigenvalue weighted by Crippen LogP contribution is 2.29. The van der Waals surface area contributed by atoms with Crippen LogP contribution in [0.1, 0.15) is 41.0 Å². The van der Waals surface area contributed by atoms with Crippen molar-refractivity contribution in [2.45, 2.75) is 25.8 Å². The minimum Gasteiger partial charge on any atom is -0.493 e. The third-order valence-electron chi connectivity index (χ3n) is 3.66. The Kier molecular flexibility index (Phi) is 6.37. The van der Waals surface area contributed by atoms with Crippen molar-refractivity contribution in [3.8, 4) is 11.5 Å². The molecule has 2 rings (SSSR count). The number of hydrogen-bond donors (Lipinski definition) is 1. The zero-order valence-corrected chi connectivity index (χ0v) is 14.8. The van der Waals surface area contributed by atoms with E-state index < -0.39 is 0 Å². The van der Waals surface area contributed by atoms with E-state index in [2.05, 4.69) is 5.32 Å². The molecular formula is C18H21NO4S. The Morgan fingerprint density at radius 3 is 2.50 bits per heavy atom. The number of thiophene rings is 1. The largest absolute Gasteiger partial charge is 0.493 e. The van der Waals surface area contributed by atoms with Crippen molar-refractivity contribution in [3.05, 3.63) is 46.2 Å². The van der Waals surface area contributed by atoms with Gasteiger partial charge in [0.05, 0.1) is 25.1 Å². The van der Waals surface area contributed by atoms with Crippen LogP contribution in [-0.4, -0.2) is 25.9 Å². The minimum atomic E-state index is -0.186. The standard InChI is InChI=1S/C18H21NO4S/c1-12(13-6-8-15(22-2)16(11-13)23-3)19-18(21)9-7-14(20)17-5-4-10-24-17/h4-6,8,10-12H,7,9H2,1-3H3,(H,19,21). The maximum absolute atomic E-state index is 12.1. The molecule has 1 amide bonds. The van der Waals surface area contributed by atoms with Crippen LogP contribution in [0.3, 0.4) is 0 Å². The molecule has 0 spiro atoms. The Morgan fingerprint density at radius 2 is 1.88 bits per heavy atom. The highest BCUT2D eigenvalue weighted by molar-refractivity contribution is 7.12. The highest BCUT2D eigenvalue weighted by atomic mass is 32.1. The number of amides is 1. The van der Waals surface area contributed by atoms with E-state index in [9.17, 15) is 9.59 Å². The summed E-state index contributed by atoms with van der Waals surface area (Å²) >= 11 is 1.39. The molecular weight excluding hydrogens is 326 g/mol. The van der Waals surface area contributed by atoms with Crippen LogP contribution >= 0.6 is 11.3 Å². The summed E-state index contributed by atoms with van der Waals surface area (Å²) in [4.78, 5) is 24.7. The maximum Gasteiger partial charge on any atom is 0.220 e. The van der Waals surface area contributed by atoms with Crippen molar-refractivity contribution in [1.29, 1.82) is 0 Å². The molecule has 0 radical (unpaired) electrons. The topological polar surface area (TPSA) is 64.6 Å². The van der Waals surface area contributed by atoms with Gasteiger partial charge < -0.3 is 14.8 Å². The van der Waals surface area contributed by atoms with E-state index in [-0.39, 0.29) is 30.6 Å². The highest BCUT2D eigenvalue weighted by Gasteiger charge is 2.14. The van der Waals surface area contributed by atoms with Gasteiger partial charge in [0.1, 0.15) is 0 Å². The summed E-state index contributed by atoms with van der Waals surface area (Å²) in [6.07, 6.45) is 0.388. The van der Waals surface area contributed by atoms with E-state index in [4.69, 9.17) is 9.47 Å². The first-order chi connectivity index (χ1) is 11.5. The minimum absolute atomic E-state index is 0.00100. The van der Waals surface area contributed by atoms with Gasteiger partial charge in [-0.1, -0.05) is 12.1 Å². The Labute approximate surface area is 145 Å². The third kappa shape index (κ3) is 4.58. The molecule has 0 aliphatic carbocycles. The third-order valence-corrected chi connectivity index (χ3v) is 4.57. The van der Waals surface area contributed by atoms with Crippen molar-refractivity contribution in [1.82, 2.24) is 5.32 Å². The number of hydrogen-bond acceptors (Lipinski definition) is 5. The number of nitrogens with one attached hydrogen (secondary N) is 1. The summed E-state index contributed by atoms with van der Waals surface area (Å²) in [6, 6.07) is 8.93. The second-order valence-electron chi connectivity index (χ2n) is 5.30. The second-order valence-corrected chi connectivity index (χ2v) is 6.25. The zero-order valence-electron chi connectivity index (χ0n) is 14.0. The summed E-state index contributed by atoms with van der Waals surface area (Å²) in [6.45, 7) is 1.89. The van der Waals surface area contributed by atoms with Gasteiger partial charge in [-0.2, -0.15) is 0 Å². The first-order valence-electron chi connectivity index (χ1n) is 7.63. The average molecular weight is 347 g/mol. The van der Waals surface area contributed by atoms with Crippen LogP contribution in [0.15, 0.2) is 35.7 Å². The van der Waals surface area contributed by atoms with Gasteiger partial charge in [0.2, 0.25) is 5.91 Å². The second kappa shape index (κ2) is 8.49. The molecule has 1 unspecified atom stereocenters. The number of methoxy groups -OCH3 is 2. The first-order valence-corrected chi connectivity index (χ1v) is 8.51. The SMILES string of the molecule is COc1ccc(C(C)NC(=O)CCC(=O)c2cccs2)cc1OC. The lowest BCUT2D eigenvalue weighted by Crippen LogP contribution is -2.26. The molecule has 0 saturated heterocycles. The number of rotatable bonds is 8. The van der Waals surface area contributed by atoms with Gasteiger partial charge in [0.15, 0.2) is 17.3 Å². The molecule has 2 aromatic rings. The molecule has 1 heterocycles. The van der Waals surface area contributed by atoms with Crippen LogP contribution < -0.4 is 14.8 Å². The molecule has 1 aromatic heterocycles. The van der Waals surface area contributed by atoms with Crippen LogP contribution in [0.25, 0.3) is 0 Å². The van der Waals surface area contributed by atoms with Crippen LogP contribution in [0.4, 0.5) is 0 Å². The number of Topliss-reactive ketones (excluding diaryl/α,β-unsaturated/α-hetero) is 1. The number of carbonyl (C=O) groups is 2. The molecule has 1 N–H and O–H groups in total. The average Bonchev–Trinajstić information content (AvgIpc) is 3.13. The molecule has 5 nitrogen and oxygen atoms in total. The van der Waals surface area contributed by atoms with Gasteiger partial charge in [0.25, 0.3) is 0 Å². The molecule has 0 fully saturated rings. The van der Waals surface area contributed by atoms with E-state index in [0.717, 1.165) is 5.56 Å². The van der Waals surface area contributed by atoms with Crippen molar-refractivity contribution >= 4 is 23.0 Å². The van der Waals surface area contributed by atoms with Crippen LogP contribution in [-0.2, 0) is 4.79 Å². The zero-order chi connectivity index (χ0) is 17.5. The summed E-state index contributed by atoms with van der Waals surface area (Å²) in [5.41, 5.74) is 0.908. The van der Waals surface area contributed by atoms with E-state index in [1.165, 1.54) is 11.3 Å². The lowest BCUT2D eigenvalue weighted by atomic mass is 10.1. The fourth-order valence-corrected chi connectivity index (χ4v) is 3.00. The number of ether oxygens (including phenoxy) is 2. The molecule has 1 aromatic carbocycles. The Morgan fingerprint density at radius 1 is 1.12 bits per heavy atom. The van der Waals surface area contributed by atoms with E-state index in [1.807, 2.05) is 30.5 Å². The normalized spacial score (nSPS) is 11.6. The summed E-state index contributed by atoms with van der Waals surface area (Å²) in [7, 11) is 3.15. The lowest BCUT2D eigenvalue weighted by molar-refractivity contribution is -0.121. The fraction of sp³-hybridized carbons (Fsp3) is 0.333. The maximum atomic E-state index is 12.1. The van der Waals surface area contributed by atoms with Gasteiger partial charge in [-0.25, -0.2) is 0 Å². The Bertz CT molecular complexity index is 697. The van der Waals surface area contributed by atoms with Crippen LogP contribution in [0.5, 0.6) is 11.5 Å². The number of ketones is 1. The van der Waals surface area contributed by atoms with Gasteiger partial charge in [-0.3, -0.25) is 9.59 Å². The van der Waals surface area contributed by atoms with Crippen LogP contribution in [0.2, 0.25) is 0 Å². The number of carbonyl (C=O) groups excluding carboxylic acids is 2. The predicted octanol–water partition coefficient (Wildman–Crippen LogP) is 3.61. The molecule has 0 aliphatic rings. The summed E-state index contributed by atoms with van der Waals surface area (Å²) < 4.78 is 10.5. The smallest absolute Gasteiger partial charge is 0.220 e. The van der Waals surface area contributed by atoms with Crippen molar-refractivity contribution in [2.24, 2.45) is 0 Å². The van der Waals surface area contributed by atoms with E-state index >= 15 is 0 Å². The molecule has 6 heteroatoms. The molecule has 24 heavy (non-hydrogen) atoms. The monoisotopic (exact) mass is 347 g/mol. The van der Waals surface area contributed by atoms with Crippen molar-refractivity contribution in [2.75, 3.05) is 14.2 Å². The van der Waals surface area contributed by atoms with E-state index in [0.29, 0.717) is 16.4 Å². The van der Waals surface area contributed by atoms with Gasteiger partial charge in [-0.05, 0) is 36.1 Å². The van der Waals surface area contributed by atoms with Gasteiger partial charge >= 0.3 is 0 Å². The molecule has 128 valence electrons. The van der Waals surface area contributed by atoms with Gasteiger partial charge in [-0.15, -0.1) is 11.3 Å². The molecule has 1 atom stereocenters. The molecule has 0 aliphatic heterocycles. The Hall–Kier alpha value is -2.34. The van der Waals surface area contributed by atoms with Crippen LogP contribution in [0, 0.1) is 0 Å². The van der Waals surface area contributed by atoms with Gasteiger partial charge in [0, 0.05) is 12.8 Å². The first kappa shape index (κ1) is 18.0. The predicted molar refractivity (Wildman–Crippen MR) is 94.0 cm³/mol. The summed E-state index contributed by atoms with van der Waals surface area (Å²) in [5.74, 6) is 1.10. The number of benzene rings is 1. The Balaban J connectivity index is 1.90. The summed E-state index contributed by atoms with van der Waals surface area (Å²) in [5, 5.41) is 4.76. The lowest BCUT2D eigenvalue weighted by Gasteiger charge is -2.16. The fourth-order valence-electron chi connectivity index (χ4n) is 2.31. The quantitative estimate of drug-likeness (QED) is 0.741. The molecule has 0 bridgehead atoms. The van der Waals surface area contributed by atoms with Crippen molar-refractivity contribution in [3.63, 3.8) is 0 Å². The van der Waals surface area contributed by atoms with E-state index in [1.54, 1.807) is 26.4 Å². The molecule has 0 saturated carbocycles.